The van der Waals surface area contributed by atoms with E-state index >= 15 is 0 Å². The fraction of sp³-hybridized carbons (Fsp3) is 0.111. The van der Waals surface area contributed by atoms with Crippen LogP contribution in [0.4, 0.5) is 0 Å². The third kappa shape index (κ3) is 6.25. The van der Waals surface area contributed by atoms with Gasteiger partial charge in [-0.25, -0.2) is 0 Å². The van der Waals surface area contributed by atoms with Gasteiger partial charge in [-0.2, -0.15) is 8.42 Å². The highest BCUT2D eigenvalue weighted by Gasteiger charge is 2.34. The van der Waals surface area contributed by atoms with Gasteiger partial charge in [0.15, 0.2) is 16.7 Å². The van der Waals surface area contributed by atoms with Crippen LogP contribution in [-0.2, 0) is 21.4 Å². The van der Waals surface area contributed by atoms with Gasteiger partial charge < -0.3 is 9.47 Å². The summed E-state index contributed by atoms with van der Waals surface area (Å²) in [5, 5.41) is 0.649. The van der Waals surface area contributed by atoms with Gasteiger partial charge in [0.1, 0.15) is 6.61 Å². The van der Waals surface area contributed by atoms with Gasteiger partial charge in [0, 0.05) is 17.1 Å². The number of amides is 1. The van der Waals surface area contributed by atoms with E-state index in [0.29, 0.717) is 27.0 Å². The minimum absolute atomic E-state index is 0.0435. The summed E-state index contributed by atoms with van der Waals surface area (Å²) in [6, 6.07) is 20.5. The lowest BCUT2D eigenvalue weighted by Gasteiger charge is -2.13. The molecule has 0 bridgehead atoms. The van der Waals surface area contributed by atoms with Crippen molar-refractivity contribution < 1.29 is 22.7 Å². The summed E-state index contributed by atoms with van der Waals surface area (Å²) in [7, 11) is -2.47. The Bertz CT molecular complexity index is 1490. The molecule has 1 fully saturated rings. The number of carbonyl (C=O) groups excluding carboxylic acids is 1. The number of carbonyl (C=O) groups is 1. The summed E-state index contributed by atoms with van der Waals surface area (Å²) in [5.74, 6) is 0.612. The molecular weight excluding hydrogens is 532 g/mol. The second-order valence-corrected chi connectivity index (χ2v) is 10.8. The molecule has 4 rings (SSSR count). The van der Waals surface area contributed by atoms with Crippen molar-refractivity contribution in [1.82, 2.24) is 4.90 Å². The Labute approximate surface area is 225 Å². The monoisotopic (exact) mass is 554 g/mol. The van der Waals surface area contributed by atoms with Crippen molar-refractivity contribution in [3.05, 3.63) is 107 Å². The largest absolute Gasteiger partial charge is 0.493 e. The van der Waals surface area contributed by atoms with E-state index in [4.69, 9.17) is 21.1 Å². The lowest BCUT2D eigenvalue weighted by atomic mass is 10.1. The number of nitrogens with zero attached hydrogens (tertiary/aromatic N) is 2. The van der Waals surface area contributed by atoms with E-state index in [2.05, 4.69) is 11.0 Å². The molecule has 190 valence electrons. The molecule has 1 aliphatic heterocycles. The van der Waals surface area contributed by atoms with Crippen molar-refractivity contribution in [3.63, 3.8) is 0 Å². The van der Waals surface area contributed by atoms with E-state index in [1.165, 1.54) is 30.2 Å². The van der Waals surface area contributed by atoms with Crippen molar-refractivity contribution in [2.24, 2.45) is 4.40 Å². The van der Waals surface area contributed by atoms with Crippen LogP contribution in [0, 0.1) is 0 Å². The van der Waals surface area contributed by atoms with Crippen LogP contribution in [0.15, 0.2) is 99.6 Å². The molecule has 10 heteroatoms. The standard InChI is InChI=1S/C27H23ClN2O5S2/c1-3-15-30-26(31)25(36-27(30)29-37(32,33)21-10-5-4-6-11-21)17-19-13-14-23(34-2)24(16-19)35-18-20-9-7-8-12-22(20)28/h3-14,16-17H,1,15,18H2,2H3/b25-17-,29-27+. The molecule has 0 unspecified atom stereocenters. The fourth-order valence-electron chi connectivity index (χ4n) is 3.43. The van der Waals surface area contributed by atoms with Crippen LogP contribution in [0.2, 0.25) is 5.02 Å². The van der Waals surface area contributed by atoms with Gasteiger partial charge in [-0.05, 0) is 53.7 Å². The first-order valence-corrected chi connectivity index (χ1v) is 13.7. The Morgan fingerprint density at radius 3 is 2.49 bits per heavy atom. The normalized spacial score (nSPS) is 15.8. The summed E-state index contributed by atoms with van der Waals surface area (Å²) in [6.45, 7) is 4.01. The lowest BCUT2D eigenvalue weighted by molar-refractivity contribution is -0.121. The zero-order valence-electron chi connectivity index (χ0n) is 19.8. The quantitative estimate of drug-likeness (QED) is 0.246. The van der Waals surface area contributed by atoms with Crippen LogP contribution in [0.25, 0.3) is 6.08 Å². The fourth-order valence-corrected chi connectivity index (χ4v) is 5.83. The van der Waals surface area contributed by atoms with Crippen LogP contribution in [0.3, 0.4) is 0 Å². The van der Waals surface area contributed by atoms with E-state index in [0.717, 1.165) is 17.3 Å². The second-order valence-electron chi connectivity index (χ2n) is 7.77. The molecule has 7 nitrogen and oxygen atoms in total. The number of hydrogen-bond acceptors (Lipinski definition) is 6. The first-order valence-electron chi connectivity index (χ1n) is 11.1. The van der Waals surface area contributed by atoms with Gasteiger partial charge in [0.2, 0.25) is 0 Å². The molecule has 1 saturated heterocycles. The van der Waals surface area contributed by atoms with Crippen molar-refractivity contribution in [2.45, 2.75) is 11.5 Å². The van der Waals surface area contributed by atoms with Gasteiger partial charge in [0.05, 0.1) is 16.9 Å². The maximum atomic E-state index is 13.1. The average Bonchev–Trinajstić information content (AvgIpc) is 3.17. The maximum Gasteiger partial charge on any atom is 0.284 e. The number of amidine groups is 1. The minimum Gasteiger partial charge on any atom is -0.493 e. The number of methoxy groups -OCH3 is 1. The smallest absolute Gasteiger partial charge is 0.284 e. The lowest BCUT2D eigenvalue weighted by Crippen LogP contribution is -2.29. The SMILES string of the molecule is C=CCN1C(=O)/C(=C/c2ccc(OC)c(OCc3ccccc3Cl)c2)S/C1=N/S(=O)(=O)c1ccccc1. The van der Waals surface area contributed by atoms with Gasteiger partial charge in [-0.3, -0.25) is 9.69 Å². The number of benzene rings is 3. The van der Waals surface area contributed by atoms with Gasteiger partial charge in [-0.15, -0.1) is 11.0 Å². The maximum absolute atomic E-state index is 13.1. The van der Waals surface area contributed by atoms with E-state index in [9.17, 15) is 13.2 Å². The number of thioether (sulfide) groups is 1. The van der Waals surface area contributed by atoms with E-state index in [1.54, 1.807) is 48.5 Å². The molecule has 37 heavy (non-hydrogen) atoms. The summed E-state index contributed by atoms with van der Waals surface area (Å²) in [5.41, 5.74) is 1.48. The van der Waals surface area contributed by atoms with Gasteiger partial charge in [-0.1, -0.05) is 60.1 Å². The Kier molecular flexibility index (Phi) is 8.38. The Morgan fingerprint density at radius 1 is 1.05 bits per heavy atom. The highest BCUT2D eigenvalue weighted by Crippen LogP contribution is 2.36. The molecule has 0 N–H and O–H groups in total. The summed E-state index contributed by atoms with van der Waals surface area (Å²) < 4.78 is 41.0. The predicted molar refractivity (Wildman–Crippen MR) is 147 cm³/mol. The highest BCUT2D eigenvalue weighted by atomic mass is 35.5. The van der Waals surface area contributed by atoms with Crippen LogP contribution in [0.1, 0.15) is 11.1 Å². The third-order valence-electron chi connectivity index (χ3n) is 5.27. The Hall–Kier alpha value is -3.53. The summed E-state index contributed by atoms with van der Waals surface area (Å²) in [6.07, 6.45) is 3.17. The predicted octanol–water partition coefficient (Wildman–Crippen LogP) is 5.77. The molecule has 0 aliphatic carbocycles. The number of rotatable bonds is 9. The molecule has 3 aromatic rings. The van der Waals surface area contributed by atoms with Crippen molar-refractivity contribution in [1.29, 1.82) is 0 Å². The van der Waals surface area contributed by atoms with Crippen molar-refractivity contribution in [2.75, 3.05) is 13.7 Å². The molecule has 0 radical (unpaired) electrons. The molecule has 1 aliphatic rings. The van der Waals surface area contributed by atoms with Crippen LogP contribution >= 0.6 is 23.4 Å². The highest BCUT2D eigenvalue weighted by molar-refractivity contribution is 8.19. The number of hydrogen-bond donors (Lipinski definition) is 0. The molecule has 0 spiro atoms. The molecule has 1 heterocycles. The summed E-state index contributed by atoms with van der Waals surface area (Å²) >= 11 is 7.22. The topological polar surface area (TPSA) is 85.3 Å². The van der Waals surface area contributed by atoms with E-state index in [-0.39, 0.29) is 29.1 Å². The van der Waals surface area contributed by atoms with Crippen LogP contribution in [0.5, 0.6) is 11.5 Å². The summed E-state index contributed by atoms with van der Waals surface area (Å²) in [4.78, 5) is 14.8. The third-order valence-corrected chi connectivity index (χ3v) is 8.04. The Morgan fingerprint density at radius 2 is 1.78 bits per heavy atom. The number of halogens is 1. The Balaban J connectivity index is 1.63. The second kappa shape index (κ2) is 11.7. The van der Waals surface area contributed by atoms with Crippen LogP contribution < -0.4 is 9.47 Å². The molecule has 0 saturated carbocycles. The van der Waals surface area contributed by atoms with Gasteiger partial charge >= 0.3 is 0 Å². The average molecular weight is 555 g/mol. The first kappa shape index (κ1) is 26.5. The molecule has 3 aromatic carbocycles. The van der Waals surface area contributed by atoms with Gasteiger partial charge in [0.25, 0.3) is 15.9 Å². The number of sulfonamides is 1. The number of ether oxygens (including phenoxy) is 2. The van der Waals surface area contributed by atoms with Crippen LogP contribution in [-0.4, -0.2) is 38.0 Å². The molecule has 1 amide bonds. The van der Waals surface area contributed by atoms with Crippen molar-refractivity contribution >= 4 is 50.5 Å². The van der Waals surface area contributed by atoms with Crippen molar-refractivity contribution in [3.8, 4) is 11.5 Å². The molecule has 0 atom stereocenters. The van der Waals surface area contributed by atoms with E-state index < -0.39 is 10.0 Å². The van der Waals surface area contributed by atoms with E-state index in [1.807, 2.05) is 18.2 Å². The molecular formula is C27H23ClN2O5S2. The zero-order chi connectivity index (χ0) is 26.4. The zero-order valence-corrected chi connectivity index (χ0v) is 22.2. The molecule has 0 aromatic heterocycles. The first-order chi connectivity index (χ1) is 17.8. The minimum atomic E-state index is -4.00.